The van der Waals surface area contributed by atoms with Gasteiger partial charge < -0.3 is 19.7 Å². The summed E-state index contributed by atoms with van der Waals surface area (Å²) >= 11 is 7.75. The molecule has 34 heavy (non-hydrogen) atoms. The molecule has 0 aliphatic carbocycles. The summed E-state index contributed by atoms with van der Waals surface area (Å²) in [6, 6.07) is 14.1. The van der Waals surface area contributed by atoms with Gasteiger partial charge in [0, 0.05) is 42.9 Å². The molecule has 0 bridgehead atoms. The van der Waals surface area contributed by atoms with Gasteiger partial charge in [0.25, 0.3) is 0 Å². The minimum atomic E-state index is 0.114. The van der Waals surface area contributed by atoms with Crippen LogP contribution in [0.4, 0.5) is 10.7 Å². The molecule has 1 atom stereocenters. The van der Waals surface area contributed by atoms with Gasteiger partial charge in [-0.15, -0.1) is 11.3 Å². The number of nitrogens with one attached hydrogen (secondary N) is 1. The van der Waals surface area contributed by atoms with Crippen molar-refractivity contribution < 1.29 is 4.79 Å². The molecule has 2 aliphatic heterocycles. The van der Waals surface area contributed by atoms with Crippen molar-refractivity contribution in [3.05, 3.63) is 58.6 Å². The van der Waals surface area contributed by atoms with E-state index in [1.54, 1.807) is 11.3 Å². The fourth-order valence-corrected chi connectivity index (χ4v) is 6.06. The van der Waals surface area contributed by atoms with Crippen LogP contribution in [-0.2, 0) is 11.2 Å². The van der Waals surface area contributed by atoms with Gasteiger partial charge in [-0.1, -0.05) is 29.8 Å². The highest BCUT2D eigenvalue weighted by molar-refractivity contribution is 7.14. The number of benzene rings is 2. The van der Waals surface area contributed by atoms with Gasteiger partial charge in [-0.2, -0.15) is 0 Å². The maximum atomic E-state index is 13.2. The molecule has 4 heterocycles. The smallest absolute Gasteiger partial charge is 0.242 e. The Hall–Kier alpha value is -3.10. The summed E-state index contributed by atoms with van der Waals surface area (Å²) in [6.07, 6.45) is 1.01. The number of nitrogens with zero attached hydrogens (tertiary/aromatic N) is 5. The van der Waals surface area contributed by atoms with E-state index in [1.807, 2.05) is 34.7 Å². The molecule has 2 aliphatic rings. The molecule has 9 heteroatoms. The lowest BCUT2D eigenvalue weighted by atomic mass is 10.1. The maximum Gasteiger partial charge on any atom is 0.242 e. The van der Waals surface area contributed by atoms with Crippen LogP contribution in [0.1, 0.15) is 12.5 Å². The van der Waals surface area contributed by atoms with Gasteiger partial charge in [-0.3, -0.25) is 4.79 Å². The Bertz CT molecular complexity index is 1370. The number of imidazole rings is 1. The van der Waals surface area contributed by atoms with Crippen LogP contribution in [0.5, 0.6) is 0 Å². The van der Waals surface area contributed by atoms with Crippen LogP contribution >= 0.6 is 22.9 Å². The maximum absolute atomic E-state index is 13.2. The molecule has 1 amide bonds. The van der Waals surface area contributed by atoms with Crippen LogP contribution < -0.4 is 9.80 Å². The van der Waals surface area contributed by atoms with Crippen molar-refractivity contribution in [3.63, 3.8) is 0 Å². The minimum absolute atomic E-state index is 0.114. The second-order valence-electron chi connectivity index (χ2n) is 8.94. The molecule has 1 unspecified atom stereocenters. The normalized spacial score (nSPS) is 18.1. The highest BCUT2D eigenvalue weighted by Gasteiger charge is 2.31. The first-order chi connectivity index (χ1) is 16.6. The zero-order valence-electron chi connectivity index (χ0n) is 18.9. The lowest BCUT2D eigenvalue weighted by Gasteiger charge is -2.41. The standard InChI is InChI=1S/C25H25ClN6OS/c1-16-13-31(10-11-32(16)22(33)14-30-9-8-17-4-2-3-5-21(17)30)25-23(27-15-34-25)24-28-19-7-6-18(26)12-20(19)29-24/h2-7,12,15-16H,8-11,13-14H2,1H3,(H,28,29). The first-order valence-electron chi connectivity index (χ1n) is 11.5. The molecule has 7 nitrogen and oxygen atoms in total. The number of hydrogen-bond donors (Lipinski definition) is 1. The topological polar surface area (TPSA) is 68.4 Å². The lowest BCUT2D eigenvalue weighted by Crippen LogP contribution is -2.56. The largest absolute Gasteiger partial charge is 0.362 e. The number of carbonyl (C=O) groups is 1. The van der Waals surface area contributed by atoms with Crippen molar-refractivity contribution in [1.29, 1.82) is 0 Å². The molecular weight excluding hydrogens is 468 g/mol. The highest BCUT2D eigenvalue weighted by atomic mass is 35.5. The van der Waals surface area contributed by atoms with Crippen molar-refractivity contribution in [2.75, 3.05) is 42.5 Å². The predicted octanol–water partition coefficient (Wildman–Crippen LogP) is 4.44. The third-order valence-electron chi connectivity index (χ3n) is 6.76. The van der Waals surface area contributed by atoms with Gasteiger partial charge in [0.15, 0.2) is 5.82 Å². The number of hydrogen-bond acceptors (Lipinski definition) is 6. The minimum Gasteiger partial charge on any atom is -0.362 e. The van der Waals surface area contributed by atoms with Crippen LogP contribution in [0.2, 0.25) is 5.02 Å². The SMILES string of the molecule is CC1CN(c2scnc2-c2nc3ccc(Cl)cc3[nH]2)CCN1C(=O)CN1CCc2ccccc21. The Labute approximate surface area is 207 Å². The zero-order valence-corrected chi connectivity index (χ0v) is 20.4. The van der Waals surface area contributed by atoms with E-state index < -0.39 is 0 Å². The molecular formula is C25H25ClN6OS. The van der Waals surface area contributed by atoms with Crippen molar-refractivity contribution in [2.45, 2.75) is 19.4 Å². The number of piperazine rings is 1. The molecule has 0 radical (unpaired) electrons. The average molecular weight is 493 g/mol. The second kappa shape index (κ2) is 8.60. The third kappa shape index (κ3) is 3.80. The summed E-state index contributed by atoms with van der Waals surface area (Å²) in [6.45, 7) is 5.72. The Kier molecular flexibility index (Phi) is 5.42. The Balaban J connectivity index is 1.16. The quantitative estimate of drug-likeness (QED) is 0.456. The van der Waals surface area contributed by atoms with Crippen molar-refractivity contribution in [1.82, 2.24) is 19.9 Å². The average Bonchev–Trinajstić information content (AvgIpc) is 3.57. The number of aromatic nitrogens is 3. The van der Waals surface area contributed by atoms with Crippen LogP contribution in [0.15, 0.2) is 48.0 Å². The van der Waals surface area contributed by atoms with E-state index in [9.17, 15) is 4.79 Å². The number of halogens is 1. The molecule has 1 saturated heterocycles. The van der Waals surface area contributed by atoms with E-state index in [2.05, 4.69) is 44.9 Å². The van der Waals surface area contributed by atoms with Gasteiger partial charge in [-0.05, 0) is 43.2 Å². The fraction of sp³-hybridized carbons (Fsp3) is 0.320. The van der Waals surface area contributed by atoms with Gasteiger partial charge >= 0.3 is 0 Å². The van der Waals surface area contributed by atoms with E-state index in [0.29, 0.717) is 18.1 Å². The Morgan fingerprint density at radius 1 is 1.21 bits per heavy atom. The fourth-order valence-electron chi connectivity index (χ4n) is 5.06. The molecule has 0 spiro atoms. The molecule has 1 fully saturated rings. The van der Waals surface area contributed by atoms with Crippen LogP contribution in [0.3, 0.4) is 0 Å². The molecule has 6 rings (SSSR count). The molecule has 4 aromatic rings. The van der Waals surface area contributed by atoms with E-state index in [4.69, 9.17) is 16.6 Å². The van der Waals surface area contributed by atoms with E-state index >= 15 is 0 Å². The van der Waals surface area contributed by atoms with Crippen molar-refractivity contribution in [2.24, 2.45) is 0 Å². The Morgan fingerprint density at radius 3 is 2.97 bits per heavy atom. The van der Waals surface area contributed by atoms with Gasteiger partial charge in [0.2, 0.25) is 5.91 Å². The molecule has 1 N–H and O–H groups in total. The number of aromatic amines is 1. The van der Waals surface area contributed by atoms with E-state index in [0.717, 1.165) is 53.6 Å². The lowest BCUT2D eigenvalue weighted by molar-refractivity contribution is -0.132. The molecule has 0 saturated carbocycles. The van der Waals surface area contributed by atoms with Crippen molar-refractivity contribution >= 4 is 50.6 Å². The number of carbonyl (C=O) groups excluding carboxylic acids is 1. The number of anilines is 2. The van der Waals surface area contributed by atoms with Crippen LogP contribution in [0, 0.1) is 0 Å². The number of rotatable bonds is 4. The number of amides is 1. The molecule has 2 aromatic heterocycles. The summed E-state index contributed by atoms with van der Waals surface area (Å²) in [5.41, 5.74) is 7.00. The predicted molar refractivity (Wildman–Crippen MR) is 138 cm³/mol. The summed E-state index contributed by atoms with van der Waals surface area (Å²) in [5.74, 6) is 0.940. The summed E-state index contributed by atoms with van der Waals surface area (Å²) in [7, 11) is 0. The van der Waals surface area contributed by atoms with Gasteiger partial charge in [0.05, 0.1) is 23.1 Å². The van der Waals surface area contributed by atoms with Gasteiger partial charge in [-0.25, -0.2) is 9.97 Å². The molecule has 174 valence electrons. The number of thiazole rings is 1. The summed E-state index contributed by atoms with van der Waals surface area (Å²) in [4.78, 5) is 32.5. The number of H-pyrrole nitrogens is 1. The number of fused-ring (bicyclic) bond motifs is 2. The zero-order chi connectivity index (χ0) is 23.2. The monoisotopic (exact) mass is 492 g/mol. The summed E-state index contributed by atoms with van der Waals surface area (Å²) in [5, 5.41) is 1.76. The first kappa shape index (κ1) is 21.4. The number of para-hydroxylation sites is 1. The van der Waals surface area contributed by atoms with Gasteiger partial charge in [0.1, 0.15) is 10.7 Å². The van der Waals surface area contributed by atoms with Crippen molar-refractivity contribution in [3.8, 4) is 11.5 Å². The summed E-state index contributed by atoms with van der Waals surface area (Å²) < 4.78 is 0. The first-order valence-corrected chi connectivity index (χ1v) is 12.8. The van der Waals surface area contributed by atoms with Crippen LogP contribution in [-0.4, -0.2) is 64.5 Å². The third-order valence-corrected chi connectivity index (χ3v) is 7.88. The second-order valence-corrected chi connectivity index (χ2v) is 10.2. The Morgan fingerprint density at radius 2 is 2.09 bits per heavy atom. The molecule has 2 aromatic carbocycles. The van der Waals surface area contributed by atoms with E-state index in [-0.39, 0.29) is 11.9 Å². The highest BCUT2D eigenvalue weighted by Crippen LogP contribution is 2.35. The van der Waals surface area contributed by atoms with E-state index in [1.165, 1.54) is 11.3 Å². The van der Waals surface area contributed by atoms with Crippen LogP contribution in [0.25, 0.3) is 22.6 Å².